The first-order valence-electron chi connectivity index (χ1n) is 4.54. The van der Waals surface area contributed by atoms with E-state index in [1.54, 1.807) is 0 Å². The van der Waals surface area contributed by atoms with Crippen molar-refractivity contribution in [1.29, 1.82) is 0 Å². The number of nitrogens with two attached hydrogens (primary N) is 1. The van der Waals surface area contributed by atoms with Crippen LogP contribution in [0.15, 0.2) is 18.2 Å². The Morgan fingerprint density at radius 3 is 2.38 bits per heavy atom. The number of aryl methyl sites for hydroxylation is 1. The predicted octanol–water partition coefficient (Wildman–Crippen LogP) is 3.30. The Kier molecular flexibility index (Phi) is 3.34. The molecule has 0 heterocycles. The van der Waals surface area contributed by atoms with Gasteiger partial charge in [-0.05, 0) is 30.0 Å². The van der Waals surface area contributed by atoms with E-state index < -0.39 is 0 Å². The zero-order chi connectivity index (χ0) is 10.0. The second-order valence-corrected chi connectivity index (χ2v) is 4.20. The summed E-state index contributed by atoms with van der Waals surface area (Å²) < 4.78 is 0. The summed E-state index contributed by atoms with van der Waals surface area (Å²) in [7, 11) is 0. The molecule has 2 heteroatoms. The first-order valence-corrected chi connectivity index (χ1v) is 4.92. The molecule has 1 unspecified atom stereocenters. The van der Waals surface area contributed by atoms with Crippen LogP contribution in [0.4, 0.5) is 0 Å². The molecule has 0 saturated carbocycles. The molecule has 1 rings (SSSR count). The molecule has 0 aromatic heterocycles. The fraction of sp³-hybridized carbons (Fsp3) is 0.455. The van der Waals surface area contributed by atoms with E-state index in [0.29, 0.717) is 5.92 Å². The molecule has 0 aliphatic heterocycles. The van der Waals surface area contributed by atoms with E-state index in [1.807, 2.05) is 25.1 Å². The first kappa shape index (κ1) is 10.6. The fourth-order valence-corrected chi connectivity index (χ4v) is 1.62. The smallest absolute Gasteiger partial charge is 0.0456 e. The monoisotopic (exact) mass is 197 g/mol. The highest BCUT2D eigenvalue weighted by molar-refractivity contribution is 6.31. The Hall–Kier alpha value is -0.530. The van der Waals surface area contributed by atoms with Gasteiger partial charge in [-0.25, -0.2) is 0 Å². The number of hydrogen-bond donors (Lipinski definition) is 1. The van der Waals surface area contributed by atoms with Crippen molar-refractivity contribution < 1.29 is 0 Å². The van der Waals surface area contributed by atoms with Crippen LogP contribution in [-0.4, -0.2) is 0 Å². The quantitative estimate of drug-likeness (QED) is 0.774. The molecule has 1 atom stereocenters. The molecular formula is C11H16ClN. The molecule has 1 aromatic carbocycles. The van der Waals surface area contributed by atoms with E-state index in [1.165, 1.54) is 5.56 Å². The molecule has 0 saturated heterocycles. The second-order valence-electron chi connectivity index (χ2n) is 3.79. The van der Waals surface area contributed by atoms with Crippen LogP contribution >= 0.6 is 11.6 Å². The van der Waals surface area contributed by atoms with Crippen molar-refractivity contribution in [2.24, 2.45) is 11.7 Å². The summed E-state index contributed by atoms with van der Waals surface area (Å²) in [6.07, 6.45) is 0. The average molecular weight is 198 g/mol. The lowest BCUT2D eigenvalue weighted by Gasteiger charge is -2.17. The van der Waals surface area contributed by atoms with Crippen LogP contribution in [0.25, 0.3) is 0 Å². The molecule has 1 aromatic rings. The van der Waals surface area contributed by atoms with Gasteiger partial charge >= 0.3 is 0 Å². The number of rotatable bonds is 2. The maximum Gasteiger partial charge on any atom is 0.0456 e. The maximum atomic E-state index is 6.09. The highest BCUT2D eigenvalue weighted by Gasteiger charge is 2.13. The lowest BCUT2D eigenvalue weighted by molar-refractivity contribution is 0.514. The third kappa shape index (κ3) is 2.45. The Morgan fingerprint density at radius 1 is 1.31 bits per heavy atom. The van der Waals surface area contributed by atoms with Crippen molar-refractivity contribution in [3.63, 3.8) is 0 Å². The summed E-state index contributed by atoms with van der Waals surface area (Å²) in [4.78, 5) is 0. The molecule has 0 fully saturated rings. The molecule has 0 spiro atoms. The van der Waals surface area contributed by atoms with E-state index in [9.17, 15) is 0 Å². The Balaban J connectivity index is 3.01. The summed E-state index contributed by atoms with van der Waals surface area (Å²) in [6.45, 7) is 6.22. The predicted molar refractivity (Wildman–Crippen MR) is 58.0 cm³/mol. The first-order chi connectivity index (χ1) is 6.02. The van der Waals surface area contributed by atoms with Crippen molar-refractivity contribution in [1.82, 2.24) is 0 Å². The summed E-state index contributed by atoms with van der Waals surface area (Å²) in [5.41, 5.74) is 8.22. The highest BCUT2D eigenvalue weighted by Crippen LogP contribution is 2.26. The molecule has 0 aliphatic carbocycles. The van der Waals surface area contributed by atoms with Gasteiger partial charge < -0.3 is 5.73 Å². The number of hydrogen-bond acceptors (Lipinski definition) is 1. The molecule has 13 heavy (non-hydrogen) atoms. The van der Waals surface area contributed by atoms with Crippen LogP contribution < -0.4 is 5.73 Å². The molecule has 2 N–H and O–H groups in total. The molecule has 0 radical (unpaired) electrons. The average Bonchev–Trinajstić information content (AvgIpc) is 2.03. The van der Waals surface area contributed by atoms with Crippen molar-refractivity contribution in [2.75, 3.05) is 0 Å². The van der Waals surface area contributed by atoms with Crippen LogP contribution in [0.2, 0.25) is 5.02 Å². The van der Waals surface area contributed by atoms with Crippen LogP contribution in [0.1, 0.15) is 31.0 Å². The molecule has 1 nitrogen and oxygen atoms in total. The Morgan fingerprint density at radius 2 is 1.92 bits per heavy atom. The molecule has 0 amide bonds. The zero-order valence-corrected chi connectivity index (χ0v) is 9.10. The van der Waals surface area contributed by atoms with Crippen LogP contribution in [0.5, 0.6) is 0 Å². The number of benzene rings is 1. The van der Waals surface area contributed by atoms with Crippen molar-refractivity contribution >= 4 is 11.6 Å². The van der Waals surface area contributed by atoms with Crippen LogP contribution in [0, 0.1) is 12.8 Å². The lowest BCUT2D eigenvalue weighted by atomic mass is 9.96. The van der Waals surface area contributed by atoms with E-state index >= 15 is 0 Å². The van der Waals surface area contributed by atoms with Gasteiger partial charge in [0, 0.05) is 11.1 Å². The van der Waals surface area contributed by atoms with E-state index in [-0.39, 0.29) is 6.04 Å². The normalized spacial score (nSPS) is 13.4. The van der Waals surface area contributed by atoms with Gasteiger partial charge in [-0.1, -0.05) is 37.6 Å². The standard InChI is InChI=1S/C11H16ClN/c1-7(2)11(13)9-5-4-8(3)6-10(9)12/h4-7,11H,13H2,1-3H3. The summed E-state index contributed by atoms with van der Waals surface area (Å²) in [5.74, 6) is 0.417. The van der Waals surface area contributed by atoms with E-state index in [0.717, 1.165) is 10.6 Å². The van der Waals surface area contributed by atoms with Crippen molar-refractivity contribution in [3.8, 4) is 0 Å². The minimum atomic E-state index is 0.0353. The van der Waals surface area contributed by atoms with Gasteiger partial charge in [-0.2, -0.15) is 0 Å². The van der Waals surface area contributed by atoms with Crippen LogP contribution in [0.3, 0.4) is 0 Å². The second kappa shape index (κ2) is 4.12. The largest absolute Gasteiger partial charge is 0.324 e. The van der Waals surface area contributed by atoms with Gasteiger partial charge in [0.1, 0.15) is 0 Å². The zero-order valence-electron chi connectivity index (χ0n) is 8.34. The Labute approximate surface area is 84.9 Å². The maximum absolute atomic E-state index is 6.09. The lowest BCUT2D eigenvalue weighted by Crippen LogP contribution is -2.17. The van der Waals surface area contributed by atoms with E-state index in [4.69, 9.17) is 17.3 Å². The van der Waals surface area contributed by atoms with E-state index in [2.05, 4.69) is 13.8 Å². The van der Waals surface area contributed by atoms with Crippen LogP contribution in [-0.2, 0) is 0 Å². The fourth-order valence-electron chi connectivity index (χ4n) is 1.26. The third-order valence-electron chi connectivity index (χ3n) is 2.23. The minimum absolute atomic E-state index is 0.0353. The van der Waals surface area contributed by atoms with Gasteiger partial charge in [-0.3, -0.25) is 0 Å². The summed E-state index contributed by atoms with van der Waals surface area (Å²) in [6, 6.07) is 6.05. The summed E-state index contributed by atoms with van der Waals surface area (Å²) >= 11 is 6.09. The molecule has 0 aliphatic rings. The van der Waals surface area contributed by atoms with Crippen molar-refractivity contribution in [3.05, 3.63) is 34.3 Å². The minimum Gasteiger partial charge on any atom is -0.324 e. The highest BCUT2D eigenvalue weighted by atomic mass is 35.5. The molecular weight excluding hydrogens is 182 g/mol. The number of halogens is 1. The topological polar surface area (TPSA) is 26.0 Å². The molecule has 72 valence electrons. The van der Waals surface area contributed by atoms with Gasteiger partial charge in [0.15, 0.2) is 0 Å². The Bertz CT molecular complexity index is 294. The molecule has 0 bridgehead atoms. The van der Waals surface area contributed by atoms with Gasteiger partial charge in [0.25, 0.3) is 0 Å². The third-order valence-corrected chi connectivity index (χ3v) is 2.56. The summed E-state index contributed by atoms with van der Waals surface area (Å²) in [5, 5.41) is 0.779. The SMILES string of the molecule is Cc1ccc(C(N)C(C)C)c(Cl)c1. The van der Waals surface area contributed by atoms with Crippen molar-refractivity contribution in [2.45, 2.75) is 26.8 Å². The van der Waals surface area contributed by atoms with Gasteiger partial charge in [0.2, 0.25) is 0 Å². The van der Waals surface area contributed by atoms with Gasteiger partial charge in [0.05, 0.1) is 0 Å². The van der Waals surface area contributed by atoms with Gasteiger partial charge in [-0.15, -0.1) is 0 Å².